The zero-order chi connectivity index (χ0) is 14.3. The van der Waals surface area contributed by atoms with Gasteiger partial charge in [-0.1, -0.05) is 5.16 Å². The van der Waals surface area contributed by atoms with E-state index in [2.05, 4.69) is 10.1 Å². The van der Waals surface area contributed by atoms with E-state index < -0.39 is 15.8 Å². The number of aryl methyl sites for hydroxylation is 1. The summed E-state index contributed by atoms with van der Waals surface area (Å²) in [4.78, 5) is 4.17. The highest BCUT2D eigenvalue weighted by Gasteiger charge is 2.40. The molecular formula is C12H12FN3O3S. The average Bonchev–Trinajstić information content (AvgIpc) is 2.74. The lowest BCUT2D eigenvalue weighted by Gasteiger charge is -2.35. The van der Waals surface area contributed by atoms with Crippen molar-refractivity contribution in [2.24, 2.45) is 0 Å². The van der Waals surface area contributed by atoms with Crippen LogP contribution < -0.4 is 0 Å². The first kappa shape index (κ1) is 13.2. The predicted molar refractivity (Wildman–Crippen MR) is 66.9 cm³/mol. The van der Waals surface area contributed by atoms with Gasteiger partial charge in [-0.05, 0) is 31.2 Å². The molecule has 0 atom stereocenters. The van der Waals surface area contributed by atoms with Crippen LogP contribution in [0.3, 0.4) is 0 Å². The van der Waals surface area contributed by atoms with Crippen LogP contribution in [-0.4, -0.2) is 36.0 Å². The summed E-state index contributed by atoms with van der Waals surface area (Å²) < 4.78 is 43.6. The van der Waals surface area contributed by atoms with Gasteiger partial charge in [0.2, 0.25) is 15.9 Å². The van der Waals surface area contributed by atoms with Crippen LogP contribution in [0.2, 0.25) is 0 Å². The number of sulfonamides is 1. The van der Waals surface area contributed by atoms with Crippen molar-refractivity contribution < 1.29 is 17.3 Å². The Balaban J connectivity index is 1.74. The molecule has 8 heteroatoms. The minimum atomic E-state index is -3.58. The fourth-order valence-corrected chi connectivity index (χ4v) is 3.56. The molecule has 0 bridgehead atoms. The van der Waals surface area contributed by atoms with Crippen molar-refractivity contribution in [1.29, 1.82) is 0 Å². The van der Waals surface area contributed by atoms with E-state index in [-0.39, 0.29) is 10.8 Å². The lowest BCUT2D eigenvalue weighted by atomic mass is 10.0. The van der Waals surface area contributed by atoms with E-state index in [1.54, 1.807) is 6.92 Å². The van der Waals surface area contributed by atoms with Crippen molar-refractivity contribution in [3.05, 3.63) is 41.8 Å². The maximum Gasteiger partial charge on any atom is 0.243 e. The Hall–Kier alpha value is -1.80. The first-order valence-corrected chi connectivity index (χ1v) is 7.47. The molecule has 3 rings (SSSR count). The summed E-state index contributed by atoms with van der Waals surface area (Å²) in [5.74, 6) is 0.436. The smallest absolute Gasteiger partial charge is 0.243 e. The van der Waals surface area contributed by atoms with Crippen molar-refractivity contribution in [2.45, 2.75) is 17.7 Å². The monoisotopic (exact) mass is 297 g/mol. The van der Waals surface area contributed by atoms with E-state index >= 15 is 0 Å². The molecular weight excluding hydrogens is 285 g/mol. The molecule has 106 valence electrons. The predicted octanol–water partition coefficient (Wildman–Crippen LogP) is 1.31. The molecule has 1 fully saturated rings. The maximum atomic E-state index is 12.8. The summed E-state index contributed by atoms with van der Waals surface area (Å²) in [5, 5.41) is 3.68. The van der Waals surface area contributed by atoms with Gasteiger partial charge < -0.3 is 4.52 Å². The number of hydrogen-bond acceptors (Lipinski definition) is 5. The van der Waals surface area contributed by atoms with Crippen LogP contribution >= 0.6 is 0 Å². The molecule has 1 aromatic carbocycles. The third kappa shape index (κ3) is 2.20. The van der Waals surface area contributed by atoms with Crippen LogP contribution in [-0.2, 0) is 10.0 Å². The van der Waals surface area contributed by atoms with Gasteiger partial charge in [0.15, 0.2) is 5.82 Å². The van der Waals surface area contributed by atoms with Crippen molar-refractivity contribution in [3.63, 3.8) is 0 Å². The van der Waals surface area contributed by atoms with Crippen LogP contribution in [0.15, 0.2) is 33.7 Å². The first-order valence-electron chi connectivity index (χ1n) is 6.03. The normalized spacial score (nSPS) is 17.1. The Morgan fingerprint density at radius 3 is 2.50 bits per heavy atom. The molecule has 1 aliphatic rings. The Kier molecular flexibility index (Phi) is 3.06. The van der Waals surface area contributed by atoms with Gasteiger partial charge in [-0.25, -0.2) is 12.8 Å². The van der Waals surface area contributed by atoms with Crippen LogP contribution in [0.25, 0.3) is 0 Å². The molecule has 2 aromatic rings. The standard InChI is InChI=1S/C12H12FN3O3S/c1-8-14-12(19-15-8)9-6-16(7-9)20(17,18)11-4-2-10(13)3-5-11/h2-5,9H,6-7H2,1H3. The number of benzene rings is 1. The summed E-state index contributed by atoms with van der Waals surface area (Å²) in [6.07, 6.45) is 0. The number of hydrogen-bond donors (Lipinski definition) is 0. The zero-order valence-corrected chi connectivity index (χ0v) is 11.5. The third-order valence-corrected chi connectivity index (χ3v) is 5.04. The minimum absolute atomic E-state index is 0.0774. The quantitative estimate of drug-likeness (QED) is 0.853. The van der Waals surface area contributed by atoms with Crippen molar-refractivity contribution >= 4 is 10.0 Å². The van der Waals surface area contributed by atoms with E-state index in [9.17, 15) is 12.8 Å². The number of nitrogens with zero attached hydrogens (tertiary/aromatic N) is 3. The van der Waals surface area contributed by atoms with Gasteiger partial charge in [-0.15, -0.1) is 0 Å². The van der Waals surface area contributed by atoms with E-state index in [0.29, 0.717) is 24.8 Å². The number of halogens is 1. The highest BCUT2D eigenvalue weighted by Crippen LogP contribution is 2.31. The molecule has 0 aliphatic carbocycles. The van der Waals surface area contributed by atoms with Gasteiger partial charge in [0.1, 0.15) is 5.82 Å². The molecule has 1 aromatic heterocycles. The summed E-state index contributed by atoms with van der Waals surface area (Å²) >= 11 is 0. The highest BCUT2D eigenvalue weighted by molar-refractivity contribution is 7.89. The van der Waals surface area contributed by atoms with Crippen LogP contribution in [0.5, 0.6) is 0 Å². The van der Waals surface area contributed by atoms with Gasteiger partial charge in [0.05, 0.1) is 10.8 Å². The van der Waals surface area contributed by atoms with Crippen LogP contribution in [0, 0.1) is 12.7 Å². The highest BCUT2D eigenvalue weighted by atomic mass is 32.2. The lowest BCUT2D eigenvalue weighted by Crippen LogP contribution is -2.48. The average molecular weight is 297 g/mol. The summed E-state index contributed by atoms with van der Waals surface area (Å²) in [6.45, 7) is 2.29. The zero-order valence-electron chi connectivity index (χ0n) is 10.7. The Morgan fingerprint density at radius 1 is 1.30 bits per heavy atom. The molecule has 0 spiro atoms. The molecule has 1 aliphatic heterocycles. The van der Waals surface area contributed by atoms with Gasteiger partial charge >= 0.3 is 0 Å². The molecule has 0 N–H and O–H groups in total. The number of rotatable bonds is 3. The second-order valence-electron chi connectivity index (χ2n) is 4.65. The Bertz CT molecular complexity index is 721. The van der Waals surface area contributed by atoms with Gasteiger partial charge in [-0.2, -0.15) is 9.29 Å². The van der Waals surface area contributed by atoms with E-state index in [1.807, 2.05) is 0 Å². The summed E-state index contributed by atoms with van der Waals surface area (Å²) in [7, 11) is -3.58. The van der Waals surface area contributed by atoms with Gasteiger partial charge in [-0.3, -0.25) is 0 Å². The topological polar surface area (TPSA) is 76.3 Å². The lowest BCUT2D eigenvalue weighted by molar-refractivity contribution is 0.216. The molecule has 0 unspecified atom stereocenters. The van der Waals surface area contributed by atoms with E-state index in [0.717, 1.165) is 12.1 Å². The minimum Gasteiger partial charge on any atom is -0.339 e. The Labute approximate surface area is 115 Å². The van der Waals surface area contributed by atoms with E-state index in [4.69, 9.17) is 4.52 Å². The summed E-state index contributed by atoms with van der Waals surface area (Å²) in [6, 6.07) is 4.78. The summed E-state index contributed by atoms with van der Waals surface area (Å²) in [5.41, 5.74) is 0. The maximum absolute atomic E-state index is 12.8. The fraction of sp³-hybridized carbons (Fsp3) is 0.333. The molecule has 6 nitrogen and oxygen atoms in total. The molecule has 0 saturated carbocycles. The van der Waals surface area contributed by atoms with Crippen LogP contribution in [0.4, 0.5) is 4.39 Å². The van der Waals surface area contributed by atoms with Gasteiger partial charge in [0.25, 0.3) is 0 Å². The fourth-order valence-electron chi connectivity index (χ4n) is 2.03. The molecule has 2 heterocycles. The first-order chi connectivity index (χ1) is 9.46. The Morgan fingerprint density at radius 2 is 1.95 bits per heavy atom. The molecule has 20 heavy (non-hydrogen) atoms. The third-order valence-electron chi connectivity index (χ3n) is 3.19. The SMILES string of the molecule is Cc1noc(C2CN(S(=O)(=O)c3ccc(F)cc3)C2)n1. The second kappa shape index (κ2) is 4.64. The van der Waals surface area contributed by atoms with E-state index in [1.165, 1.54) is 16.4 Å². The van der Waals surface area contributed by atoms with Crippen molar-refractivity contribution in [2.75, 3.05) is 13.1 Å². The second-order valence-corrected chi connectivity index (χ2v) is 6.59. The molecule has 1 saturated heterocycles. The largest absolute Gasteiger partial charge is 0.339 e. The number of aromatic nitrogens is 2. The van der Waals surface area contributed by atoms with Gasteiger partial charge in [0, 0.05) is 13.1 Å². The molecule has 0 radical (unpaired) electrons. The van der Waals surface area contributed by atoms with Crippen molar-refractivity contribution in [1.82, 2.24) is 14.4 Å². The van der Waals surface area contributed by atoms with Crippen molar-refractivity contribution in [3.8, 4) is 0 Å². The van der Waals surface area contributed by atoms with Crippen LogP contribution in [0.1, 0.15) is 17.6 Å². The molecule has 0 amide bonds.